The van der Waals surface area contributed by atoms with Gasteiger partial charge in [-0.25, -0.2) is 0 Å². The summed E-state index contributed by atoms with van der Waals surface area (Å²) in [6.45, 7) is 8.71. The molecule has 0 atom stereocenters. The lowest BCUT2D eigenvalue weighted by atomic mass is 9.82. The van der Waals surface area contributed by atoms with E-state index in [0.717, 1.165) is 5.88 Å². The fraction of sp³-hybridized carbons (Fsp3) is 1.00. The van der Waals surface area contributed by atoms with Crippen LogP contribution in [0.4, 0.5) is 0 Å². The molecule has 15 heavy (non-hydrogen) atoms. The first-order chi connectivity index (χ1) is 7.14. The maximum Gasteiger partial charge on any atom is 0.0223 e. The zero-order valence-electron chi connectivity index (χ0n) is 10.4. The fourth-order valence-corrected chi connectivity index (χ4v) is 2.35. The number of halogens is 1. The standard InChI is InChI=1S/C13H26ClN/c1-13(2)7-11-15(12-8-13)10-6-4-3-5-9-14/h3-12H2,1-2H3. The lowest BCUT2D eigenvalue weighted by molar-refractivity contribution is 0.131. The third-order valence-corrected chi connectivity index (χ3v) is 3.83. The van der Waals surface area contributed by atoms with Gasteiger partial charge in [-0.2, -0.15) is 0 Å². The number of piperidine rings is 1. The van der Waals surface area contributed by atoms with Crippen molar-refractivity contribution in [3.63, 3.8) is 0 Å². The number of nitrogens with zero attached hydrogens (tertiary/aromatic N) is 1. The van der Waals surface area contributed by atoms with Crippen LogP contribution in [-0.2, 0) is 0 Å². The number of unbranched alkanes of at least 4 members (excludes halogenated alkanes) is 3. The average molecular weight is 232 g/mol. The second-order valence-corrected chi connectivity index (χ2v) is 5.99. The summed E-state index contributed by atoms with van der Waals surface area (Å²) in [6, 6.07) is 0. The summed E-state index contributed by atoms with van der Waals surface area (Å²) < 4.78 is 0. The Morgan fingerprint density at radius 3 is 2.20 bits per heavy atom. The first-order valence-corrected chi connectivity index (χ1v) is 6.96. The van der Waals surface area contributed by atoms with Crippen molar-refractivity contribution in [1.82, 2.24) is 4.90 Å². The van der Waals surface area contributed by atoms with Crippen molar-refractivity contribution >= 4 is 11.6 Å². The molecule has 0 aliphatic carbocycles. The van der Waals surface area contributed by atoms with Crippen molar-refractivity contribution < 1.29 is 0 Å². The lowest BCUT2D eigenvalue weighted by Gasteiger charge is -2.36. The summed E-state index contributed by atoms with van der Waals surface area (Å²) in [5.41, 5.74) is 0.592. The van der Waals surface area contributed by atoms with E-state index >= 15 is 0 Å². The summed E-state index contributed by atoms with van der Waals surface area (Å²) in [5, 5.41) is 0. The molecular formula is C13H26ClN. The van der Waals surface area contributed by atoms with Crippen LogP contribution >= 0.6 is 11.6 Å². The first kappa shape index (κ1) is 13.3. The molecule has 1 rings (SSSR count). The highest BCUT2D eigenvalue weighted by Gasteiger charge is 2.24. The zero-order valence-corrected chi connectivity index (χ0v) is 11.2. The van der Waals surface area contributed by atoms with Crippen LogP contribution in [0.1, 0.15) is 52.4 Å². The highest BCUT2D eigenvalue weighted by Crippen LogP contribution is 2.29. The van der Waals surface area contributed by atoms with Gasteiger partial charge in [0, 0.05) is 5.88 Å². The SMILES string of the molecule is CC1(C)CCN(CCCCCCCl)CC1. The molecule has 0 bridgehead atoms. The molecule has 1 saturated heterocycles. The first-order valence-electron chi connectivity index (χ1n) is 6.42. The van der Waals surface area contributed by atoms with E-state index in [9.17, 15) is 0 Å². The third kappa shape index (κ3) is 5.77. The van der Waals surface area contributed by atoms with Crippen molar-refractivity contribution in [2.45, 2.75) is 52.4 Å². The van der Waals surface area contributed by atoms with Crippen LogP contribution in [0.25, 0.3) is 0 Å². The summed E-state index contributed by atoms with van der Waals surface area (Å²) in [6.07, 6.45) is 7.95. The zero-order chi connectivity index (χ0) is 11.1. The van der Waals surface area contributed by atoms with E-state index in [1.165, 1.54) is 58.2 Å². The molecule has 0 amide bonds. The van der Waals surface area contributed by atoms with Gasteiger partial charge in [0.05, 0.1) is 0 Å². The number of likely N-dealkylation sites (tertiary alicyclic amines) is 1. The van der Waals surface area contributed by atoms with Gasteiger partial charge in [-0.05, 0) is 50.7 Å². The summed E-state index contributed by atoms with van der Waals surface area (Å²) in [5.74, 6) is 0.831. The second-order valence-electron chi connectivity index (χ2n) is 5.61. The van der Waals surface area contributed by atoms with Crippen LogP contribution in [0.15, 0.2) is 0 Å². The normalized spacial score (nSPS) is 21.8. The van der Waals surface area contributed by atoms with Crippen molar-refractivity contribution in [2.24, 2.45) is 5.41 Å². The maximum atomic E-state index is 5.65. The molecule has 0 radical (unpaired) electrons. The monoisotopic (exact) mass is 231 g/mol. The van der Waals surface area contributed by atoms with E-state index in [4.69, 9.17) is 11.6 Å². The Morgan fingerprint density at radius 1 is 1.00 bits per heavy atom. The van der Waals surface area contributed by atoms with E-state index in [0.29, 0.717) is 5.41 Å². The molecule has 0 saturated carbocycles. The Kier molecular flexibility index (Phi) is 5.99. The molecule has 1 aliphatic rings. The van der Waals surface area contributed by atoms with Gasteiger partial charge in [-0.3, -0.25) is 0 Å². The van der Waals surface area contributed by atoms with Crippen LogP contribution in [-0.4, -0.2) is 30.4 Å². The highest BCUT2D eigenvalue weighted by molar-refractivity contribution is 6.17. The molecule has 1 aliphatic heterocycles. The second kappa shape index (κ2) is 6.75. The molecule has 90 valence electrons. The molecule has 0 spiro atoms. The van der Waals surface area contributed by atoms with Crippen LogP contribution < -0.4 is 0 Å². The molecule has 2 heteroatoms. The molecule has 0 aromatic heterocycles. The van der Waals surface area contributed by atoms with Crippen molar-refractivity contribution in [2.75, 3.05) is 25.5 Å². The Balaban J connectivity index is 1.99. The summed E-state index contributed by atoms with van der Waals surface area (Å²) >= 11 is 5.65. The average Bonchev–Trinajstić information content (AvgIpc) is 2.20. The molecule has 1 heterocycles. The molecule has 0 aromatic carbocycles. The fourth-order valence-electron chi connectivity index (χ4n) is 2.17. The number of rotatable bonds is 6. The topological polar surface area (TPSA) is 3.24 Å². The van der Waals surface area contributed by atoms with Gasteiger partial charge in [0.25, 0.3) is 0 Å². The van der Waals surface area contributed by atoms with Crippen molar-refractivity contribution in [1.29, 1.82) is 0 Å². The van der Waals surface area contributed by atoms with E-state index in [2.05, 4.69) is 18.7 Å². The minimum atomic E-state index is 0.592. The highest BCUT2D eigenvalue weighted by atomic mass is 35.5. The number of alkyl halides is 1. The van der Waals surface area contributed by atoms with Crippen molar-refractivity contribution in [3.05, 3.63) is 0 Å². The third-order valence-electron chi connectivity index (χ3n) is 3.57. The number of hydrogen-bond donors (Lipinski definition) is 0. The molecule has 0 unspecified atom stereocenters. The van der Waals surface area contributed by atoms with Gasteiger partial charge in [0.1, 0.15) is 0 Å². The van der Waals surface area contributed by atoms with Crippen LogP contribution in [0.3, 0.4) is 0 Å². The largest absolute Gasteiger partial charge is 0.303 e. The molecule has 0 aromatic rings. The smallest absolute Gasteiger partial charge is 0.0223 e. The predicted octanol–water partition coefficient (Wildman–Crippen LogP) is 3.91. The Bertz CT molecular complexity index is 158. The number of hydrogen-bond acceptors (Lipinski definition) is 1. The minimum Gasteiger partial charge on any atom is -0.303 e. The van der Waals surface area contributed by atoms with E-state index in [1.807, 2.05) is 0 Å². The summed E-state index contributed by atoms with van der Waals surface area (Å²) in [7, 11) is 0. The van der Waals surface area contributed by atoms with Crippen LogP contribution in [0, 0.1) is 5.41 Å². The van der Waals surface area contributed by atoms with Crippen LogP contribution in [0.5, 0.6) is 0 Å². The molecule has 1 fully saturated rings. The predicted molar refractivity (Wildman–Crippen MR) is 68.6 cm³/mol. The van der Waals surface area contributed by atoms with Gasteiger partial charge in [0.2, 0.25) is 0 Å². The molecule has 0 N–H and O–H groups in total. The Hall–Kier alpha value is 0.250. The van der Waals surface area contributed by atoms with Gasteiger partial charge in [-0.1, -0.05) is 26.7 Å². The van der Waals surface area contributed by atoms with Gasteiger partial charge >= 0.3 is 0 Å². The summed E-state index contributed by atoms with van der Waals surface area (Å²) in [4.78, 5) is 2.63. The minimum absolute atomic E-state index is 0.592. The van der Waals surface area contributed by atoms with Crippen LogP contribution in [0.2, 0.25) is 0 Å². The lowest BCUT2D eigenvalue weighted by Crippen LogP contribution is -2.37. The van der Waals surface area contributed by atoms with Gasteiger partial charge in [0.15, 0.2) is 0 Å². The van der Waals surface area contributed by atoms with Gasteiger partial charge in [-0.15, -0.1) is 11.6 Å². The van der Waals surface area contributed by atoms with Gasteiger partial charge < -0.3 is 4.90 Å². The van der Waals surface area contributed by atoms with Crippen molar-refractivity contribution in [3.8, 4) is 0 Å². The van der Waals surface area contributed by atoms with E-state index in [-0.39, 0.29) is 0 Å². The maximum absolute atomic E-state index is 5.65. The Labute approximate surface area is 100 Å². The Morgan fingerprint density at radius 2 is 1.60 bits per heavy atom. The van der Waals surface area contributed by atoms with E-state index in [1.54, 1.807) is 0 Å². The molecular weight excluding hydrogens is 206 g/mol. The van der Waals surface area contributed by atoms with E-state index < -0.39 is 0 Å². The quantitative estimate of drug-likeness (QED) is 0.495. The molecule has 1 nitrogen and oxygen atoms in total.